The van der Waals surface area contributed by atoms with E-state index in [2.05, 4.69) is 16.0 Å². The second-order valence-electron chi connectivity index (χ2n) is 3.55. The molecule has 15 heavy (non-hydrogen) atoms. The number of anilines is 2. The number of rotatable bonds is 3. The fourth-order valence-electron chi connectivity index (χ4n) is 1.25. The van der Waals surface area contributed by atoms with Crippen LogP contribution in [0.2, 0.25) is 0 Å². The van der Waals surface area contributed by atoms with Crippen LogP contribution in [-0.4, -0.2) is 23.1 Å². The van der Waals surface area contributed by atoms with Gasteiger partial charge in [-0.05, 0) is 13.8 Å². The third kappa shape index (κ3) is 2.81. The van der Waals surface area contributed by atoms with Crippen molar-refractivity contribution < 1.29 is 0 Å². The number of aryl methyl sites for hydroxylation is 1. The Morgan fingerprint density at radius 2 is 2.27 bits per heavy atom. The largest absolute Gasteiger partial charge is 0.368 e. The quantitative estimate of drug-likeness (QED) is 0.799. The first kappa shape index (κ1) is 11.2. The lowest BCUT2D eigenvalue weighted by Gasteiger charge is -2.24. The van der Waals surface area contributed by atoms with Gasteiger partial charge in [0.25, 0.3) is 0 Å². The third-order valence-corrected chi connectivity index (χ3v) is 2.27. The van der Waals surface area contributed by atoms with Crippen molar-refractivity contribution in [2.75, 3.05) is 17.7 Å². The van der Waals surface area contributed by atoms with Crippen molar-refractivity contribution >= 4 is 11.8 Å². The van der Waals surface area contributed by atoms with Crippen LogP contribution in [0.3, 0.4) is 0 Å². The average molecular weight is 205 g/mol. The highest BCUT2D eigenvalue weighted by molar-refractivity contribution is 5.43. The molecule has 1 rings (SSSR count). The molecule has 1 aromatic rings. The van der Waals surface area contributed by atoms with Crippen molar-refractivity contribution in [3.63, 3.8) is 0 Å². The molecule has 0 saturated carbocycles. The first-order valence-electron chi connectivity index (χ1n) is 4.75. The maximum absolute atomic E-state index is 8.61. The van der Waals surface area contributed by atoms with Gasteiger partial charge in [-0.2, -0.15) is 10.2 Å². The van der Waals surface area contributed by atoms with Crippen LogP contribution in [0.4, 0.5) is 11.8 Å². The van der Waals surface area contributed by atoms with Crippen molar-refractivity contribution in [3.8, 4) is 6.07 Å². The van der Waals surface area contributed by atoms with Gasteiger partial charge in [0.05, 0.1) is 12.5 Å². The first-order valence-corrected chi connectivity index (χ1v) is 4.75. The molecule has 0 radical (unpaired) electrons. The molecule has 1 unspecified atom stereocenters. The summed E-state index contributed by atoms with van der Waals surface area (Å²) in [4.78, 5) is 10.0. The van der Waals surface area contributed by atoms with Crippen LogP contribution in [0.15, 0.2) is 6.07 Å². The zero-order chi connectivity index (χ0) is 11.4. The van der Waals surface area contributed by atoms with Gasteiger partial charge >= 0.3 is 0 Å². The predicted octanol–water partition coefficient (Wildman–Crippen LogP) is 1.11. The summed E-state index contributed by atoms with van der Waals surface area (Å²) in [5.74, 6) is 1.02. The molecule has 80 valence electrons. The Kier molecular flexibility index (Phi) is 3.45. The number of nitrogens with two attached hydrogens (primary N) is 1. The molecule has 0 aliphatic carbocycles. The summed E-state index contributed by atoms with van der Waals surface area (Å²) < 4.78 is 0. The van der Waals surface area contributed by atoms with Gasteiger partial charge in [0, 0.05) is 24.8 Å². The Bertz CT molecular complexity index is 362. The van der Waals surface area contributed by atoms with E-state index in [0.717, 1.165) is 11.5 Å². The fourth-order valence-corrected chi connectivity index (χ4v) is 1.25. The molecule has 0 amide bonds. The van der Waals surface area contributed by atoms with Crippen LogP contribution in [0, 0.1) is 18.3 Å². The lowest BCUT2D eigenvalue weighted by atomic mass is 10.2. The van der Waals surface area contributed by atoms with Crippen LogP contribution in [-0.2, 0) is 0 Å². The van der Waals surface area contributed by atoms with E-state index < -0.39 is 0 Å². The lowest BCUT2D eigenvalue weighted by Crippen LogP contribution is -2.29. The van der Waals surface area contributed by atoms with Gasteiger partial charge in [-0.25, -0.2) is 4.98 Å². The summed E-state index contributed by atoms with van der Waals surface area (Å²) in [5, 5.41) is 8.61. The van der Waals surface area contributed by atoms with E-state index in [9.17, 15) is 0 Å². The summed E-state index contributed by atoms with van der Waals surface area (Å²) in [7, 11) is 1.89. The molecule has 0 aromatic carbocycles. The van der Waals surface area contributed by atoms with Crippen molar-refractivity contribution in [2.24, 2.45) is 0 Å². The van der Waals surface area contributed by atoms with E-state index in [1.165, 1.54) is 0 Å². The maximum atomic E-state index is 8.61. The van der Waals surface area contributed by atoms with Crippen LogP contribution < -0.4 is 10.6 Å². The Morgan fingerprint density at radius 3 is 2.80 bits per heavy atom. The molecule has 1 heterocycles. The molecule has 0 saturated heterocycles. The molecule has 0 aliphatic heterocycles. The second-order valence-corrected chi connectivity index (χ2v) is 3.55. The number of hydrogen-bond donors (Lipinski definition) is 1. The summed E-state index contributed by atoms with van der Waals surface area (Å²) in [5.41, 5.74) is 6.38. The highest BCUT2D eigenvalue weighted by atomic mass is 15.2. The summed E-state index contributed by atoms with van der Waals surface area (Å²) in [6.45, 7) is 3.83. The van der Waals surface area contributed by atoms with E-state index in [-0.39, 0.29) is 12.0 Å². The van der Waals surface area contributed by atoms with Crippen molar-refractivity contribution in [1.82, 2.24) is 9.97 Å². The molecule has 0 fully saturated rings. The second kappa shape index (κ2) is 4.60. The van der Waals surface area contributed by atoms with E-state index >= 15 is 0 Å². The minimum Gasteiger partial charge on any atom is -0.368 e. The van der Waals surface area contributed by atoms with E-state index in [0.29, 0.717) is 6.42 Å². The number of nitriles is 1. The zero-order valence-corrected chi connectivity index (χ0v) is 9.23. The van der Waals surface area contributed by atoms with Gasteiger partial charge in [-0.1, -0.05) is 0 Å². The van der Waals surface area contributed by atoms with E-state index in [4.69, 9.17) is 11.0 Å². The topological polar surface area (TPSA) is 78.8 Å². The molecule has 0 bridgehead atoms. The molecular weight excluding hydrogens is 190 g/mol. The predicted molar refractivity (Wildman–Crippen MR) is 59.3 cm³/mol. The molecule has 1 atom stereocenters. The van der Waals surface area contributed by atoms with Gasteiger partial charge in [-0.3, -0.25) is 0 Å². The SMILES string of the molecule is Cc1cc(N(C)C(C)CC#N)nc(N)n1. The van der Waals surface area contributed by atoms with Crippen LogP contribution in [0.25, 0.3) is 0 Å². The van der Waals surface area contributed by atoms with Gasteiger partial charge in [-0.15, -0.1) is 0 Å². The molecule has 2 N–H and O–H groups in total. The molecular formula is C10H15N5. The minimum atomic E-state index is 0.115. The first-order chi connectivity index (χ1) is 7.04. The zero-order valence-electron chi connectivity index (χ0n) is 9.23. The average Bonchev–Trinajstić information content (AvgIpc) is 2.15. The van der Waals surface area contributed by atoms with Gasteiger partial charge in [0.15, 0.2) is 0 Å². The minimum absolute atomic E-state index is 0.115. The number of nitrogens with zero attached hydrogens (tertiary/aromatic N) is 4. The van der Waals surface area contributed by atoms with Gasteiger partial charge < -0.3 is 10.6 Å². The van der Waals surface area contributed by atoms with Crippen LogP contribution >= 0.6 is 0 Å². The van der Waals surface area contributed by atoms with Crippen LogP contribution in [0.1, 0.15) is 19.0 Å². The standard InChI is InChI=1S/C10H15N5/c1-7-6-9(14-10(12)13-7)15(3)8(2)4-5-11/h6,8H,4H2,1-3H3,(H2,12,13,14). The summed E-state index contributed by atoms with van der Waals surface area (Å²) in [6, 6.07) is 4.10. The maximum Gasteiger partial charge on any atom is 0.222 e. The molecule has 1 aromatic heterocycles. The highest BCUT2D eigenvalue weighted by Gasteiger charge is 2.11. The monoisotopic (exact) mass is 205 g/mol. The van der Waals surface area contributed by atoms with Crippen LogP contribution in [0.5, 0.6) is 0 Å². The fraction of sp³-hybridized carbons (Fsp3) is 0.500. The third-order valence-electron chi connectivity index (χ3n) is 2.27. The molecule has 0 spiro atoms. The molecule has 0 aliphatic rings. The Hall–Kier alpha value is -1.83. The number of nitrogen functional groups attached to an aromatic ring is 1. The molecule has 5 nitrogen and oxygen atoms in total. The Labute approximate surface area is 89.6 Å². The molecule has 5 heteroatoms. The number of aromatic nitrogens is 2. The number of hydrogen-bond acceptors (Lipinski definition) is 5. The Morgan fingerprint density at radius 1 is 1.60 bits per heavy atom. The highest BCUT2D eigenvalue weighted by Crippen LogP contribution is 2.15. The lowest BCUT2D eigenvalue weighted by molar-refractivity contribution is 0.693. The summed E-state index contributed by atoms with van der Waals surface area (Å²) >= 11 is 0. The summed E-state index contributed by atoms with van der Waals surface area (Å²) in [6.07, 6.45) is 0.458. The van der Waals surface area contributed by atoms with Crippen molar-refractivity contribution in [3.05, 3.63) is 11.8 Å². The van der Waals surface area contributed by atoms with Crippen molar-refractivity contribution in [1.29, 1.82) is 5.26 Å². The van der Waals surface area contributed by atoms with E-state index in [1.54, 1.807) is 0 Å². The van der Waals surface area contributed by atoms with Crippen molar-refractivity contribution in [2.45, 2.75) is 26.3 Å². The van der Waals surface area contributed by atoms with E-state index in [1.807, 2.05) is 31.9 Å². The Balaban J connectivity index is 2.91. The van der Waals surface area contributed by atoms with Gasteiger partial charge in [0.2, 0.25) is 5.95 Å². The smallest absolute Gasteiger partial charge is 0.222 e. The van der Waals surface area contributed by atoms with Gasteiger partial charge in [0.1, 0.15) is 5.82 Å². The normalized spacial score (nSPS) is 11.9.